The van der Waals surface area contributed by atoms with Crippen molar-refractivity contribution >= 4 is 27.5 Å². The standard InChI is InChI=1S/C13H15BrN2O/c1-3-7-16(8-4-2)13(17)10-5-6-11(14)12(15)9-10/h3-6,9H,1-2,7-8,15H2. The van der Waals surface area contributed by atoms with E-state index in [0.717, 1.165) is 4.47 Å². The van der Waals surface area contributed by atoms with Crippen LogP contribution in [0.5, 0.6) is 0 Å². The molecule has 1 rings (SSSR count). The third-order valence-electron chi connectivity index (χ3n) is 2.23. The third-order valence-corrected chi connectivity index (χ3v) is 2.95. The summed E-state index contributed by atoms with van der Waals surface area (Å²) in [4.78, 5) is 13.8. The highest BCUT2D eigenvalue weighted by Gasteiger charge is 2.13. The molecule has 17 heavy (non-hydrogen) atoms. The first-order valence-electron chi connectivity index (χ1n) is 5.16. The van der Waals surface area contributed by atoms with Gasteiger partial charge in [-0.3, -0.25) is 4.79 Å². The van der Waals surface area contributed by atoms with Gasteiger partial charge in [-0.05, 0) is 34.1 Å². The number of nitrogens with zero attached hydrogens (tertiary/aromatic N) is 1. The average molecular weight is 295 g/mol. The van der Waals surface area contributed by atoms with E-state index in [9.17, 15) is 4.79 Å². The Hall–Kier alpha value is -1.55. The number of benzene rings is 1. The fraction of sp³-hybridized carbons (Fsp3) is 0.154. The molecule has 0 aliphatic heterocycles. The minimum atomic E-state index is -0.0796. The van der Waals surface area contributed by atoms with E-state index < -0.39 is 0 Å². The number of carbonyl (C=O) groups is 1. The van der Waals surface area contributed by atoms with Gasteiger partial charge in [-0.1, -0.05) is 12.2 Å². The first-order chi connectivity index (χ1) is 8.10. The molecule has 1 amide bonds. The van der Waals surface area contributed by atoms with Crippen molar-refractivity contribution in [3.63, 3.8) is 0 Å². The van der Waals surface area contributed by atoms with Crippen LogP contribution in [-0.4, -0.2) is 23.9 Å². The number of nitrogens with two attached hydrogens (primary N) is 1. The van der Waals surface area contributed by atoms with E-state index >= 15 is 0 Å². The van der Waals surface area contributed by atoms with Gasteiger partial charge in [-0.25, -0.2) is 0 Å². The van der Waals surface area contributed by atoms with Gasteiger partial charge in [0.05, 0.1) is 0 Å². The minimum Gasteiger partial charge on any atom is -0.398 e. The molecule has 2 N–H and O–H groups in total. The summed E-state index contributed by atoms with van der Waals surface area (Å²) in [6.45, 7) is 8.23. The fourth-order valence-electron chi connectivity index (χ4n) is 1.41. The lowest BCUT2D eigenvalue weighted by atomic mass is 10.1. The number of nitrogen functional groups attached to an aromatic ring is 1. The summed E-state index contributed by atoms with van der Waals surface area (Å²) in [6.07, 6.45) is 3.37. The molecule has 0 heterocycles. The topological polar surface area (TPSA) is 46.3 Å². The van der Waals surface area contributed by atoms with Crippen molar-refractivity contribution in [1.82, 2.24) is 4.90 Å². The van der Waals surface area contributed by atoms with Gasteiger partial charge in [0.25, 0.3) is 5.91 Å². The summed E-state index contributed by atoms with van der Waals surface area (Å²) < 4.78 is 0.785. The Balaban J connectivity index is 2.95. The van der Waals surface area contributed by atoms with Crippen LogP contribution in [0.1, 0.15) is 10.4 Å². The molecule has 0 aliphatic carbocycles. The molecule has 4 heteroatoms. The Labute approximate surface area is 110 Å². The van der Waals surface area contributed by atoms with Crippen LogP contribution in [0.15, 0.2) is 48.0 Å². The first kappa shape index (κ1) is 13.5. The molecule has 0 saturated heterocycles. The molecule has 0 unspecified atom stereocenters. The van der Waals surface area contributed by atoms with E-state index in [-0.39, 0.29) is 5.91 Å². The molecular formula is C13H15BrN2O. The van der Waals surface area contributed by atoms with Crippen molar-refractivity contribution in [3.05, 3.63) is 53.5 Å². The van der Waals surface area contributed by atoms with Gasteiger partial charge in [-0.2, -0.15) is 0 Å². The molecule has 0 aromatic heterocycles. The quantitative estimate of drug-likeness (QED) is 0.670. The van der Waals surface area contributed by atoms with Crippen molar-refractivity contribution in [1.29, 1.82) is 0 Å². The predicted octanol–water partition coefficient (Wildman–Crippen LogP) is 2.85. The summed E-state index contributed by atoms with van der Waals surface area (Å²) in [6, 6.07) is 5.16. The Morgan fingerprint density at radius 2 is 1.94 bits per heavy atom. The zero-order valence-electron chi connectivity index (χ0n) is 9.53. The molecular weight excluding hydrogens is 280 g/mol. The van der Waals surface area contributed by atoms with Gasteiger partial charge < -0.3 is 10.6 Å². The lowest BCUT2D eigenvalue weighted by molar-refractivity contribution is 0.0791. The normalized spacial score (nSPS) is 9.71. The molecule has 90 valence electrons. The Morgan fingerprint density at radius 3 is 2.41 bits per heavy atom. The second-order valence-corrected chi connectivity index (χ2v) is 4.38. The zero-order chi connectivity index (χ0) is 12.8. The maximum atomic E-state index is 12.1. The number of amides is 1. The van der Waals surface area contributed by atoms with E-state index in [0.29, 0.717) is 24.3 Å². The highest BCUT2D eigenvalue weighted by atomic mass is 79.9. The monoisotopic (exact) mass is 294 g/mol. The average Bonchev–Trinajstić information content (AvgIpc) is 2.31. The van der Waals surface area contributed by atoms with E-state index in [1.54, 1.807) is 35.3 Å². The Morgan fingerprint density at radius 1 is 1.35 bits per heavy atom. The van der Waals surface area contributed by atoms with Gasteiger partial charge in [-0.15, -0.1) is 13.2 Å². The van der Waals surface area contributed by atoms with Gasteiger partial charge >= 0.3 is 0 Å². The summed E-state index contributed by atoms with van der Waals surface area (Å²) >= 11 is 3.29. The van der Waals surface area contributed by atoms with Gasteiger partial charge in [0.15, 0.2) is 0 Å². The summed E-state index contributed by atoms with van der Waals surface area (Å²) in [5.74, 6) is -0.0796. The van der Waals surface area contributed by atoms with Crippen LogP contribution in [0.25, 0.3) is 0 Å². The van der Waals surface area contributed by atoms with Gasteiger partial charge in [0.1, 0.15) is 0 Å². The lowest BCUT2D eigenvalue weighted by Gasteiger charge is -2.19. The SMILES string of the molecule is C=CCN(CC=C)C(=O)c1ccc(Br)c(N)c1. The summed E-state index contributed by atoms with van der Waals surface area (Å²) in [5.41, 5.74) is 6.86. The summed E-state index contributed by atoms with van der Waals surface area (Å²) in [5, 5.41) is 0. The fourth-order valence-corrected chi connectivity index (χ4v) is 1.66. The maximum absolute atomic E-state index is 12.1. The van der Waals surface area contributed by atoms with Crippen LogP contribution in [0.3, 0.4) is 0 Å². The van der Waals surface area contributed by atoms with Crippen LogP contribution in [0, 0.1) is 0 Å². The smallest absolute Gasteiger partial charge is 0.254 e. The molecule has 0 saturated carbocycles. The first-order valence-corrected chi connectivity index (χ1v) is 5.95. The minimum absolute atomic E-state index is 0.0796. The molecule has 1 aromatic rings. The number of carbonyl (C=O) groups excluding carboxylic acids is 1. The number of halogens is 1. The maximum Gasteiger partial charge on any atom is 0.254 e. The van der Waals surface area contributed by atoms with Crippen LogP contribution in [0.4, 0.5) is 5.69 Å². The molecule has 0 fully saturated rings. The van der Waals surface area contributed by atoms with Gasteiger partial charge in [0, 0.05) is 28.8 Å². The number of anilines is 1. The number of hydrogen-bond acceptors (Lipinski definition) is 2. The van der Waals surface area contributed by atoms with Gasteiger partial charge in [0.2, 0.25) is 0 Å². The Kier molecular flexibility index (Phi) is 4.97. The van der Waals surface area contributed by atoms with Crippen LogP contribution < -0.4 is 5.73 Å². The summed E-state index contributed by atoms with van der Waals surface area (Å²) in [7, 11) is 0. The Bertz CT molecular complexity index is 433. The molecule has 0 atom stereocenters. The lowest BCUT2D eigenvalue weighted by Crippen LogP contribution is -2.31. The van der Waals surface area contributed by atoms with Crippen molar-refractivity contribution in [2.75, 3.05) is 18.8 Å². The van der Waals surface area contributed by atoms with Crippen LogP contribution in [0.2, 0.25) is 0 Å². The van der Waals surface area contributed by atoms with E-state index in [4.69, 9.17) is 5.73 Å². The number of rotatable bonds is 5. The predicted molar refractivity (Wildman–Crippen MR) is 74.9 cm³/mol. The highest BCUT2D eigenvalue weighted by Crippen LogP contribution is 2.21. The molecule has 0 aliphatic rings. The third kappa shape index (κ3) is 3.46. The van der Waals surface area contributed by atoms with Crippen molar-refractivity contribution < 1.29 is 4.79 Å². The largest absolute Gasteiger partial charge is 0.398 e. The van der Waals surface area contributed by atoms with Crippen molar-refractivity contribution in [2.45, 2.75) is 0 Å². The number of hydrogen-bond donors (Lipinski definition) is 1. The van der Waals surface area contributed by atoms with Crippen molar-refractivity contribution in [3.8, 4) is 0 Å². The van der Waals surface area contributed by atoms with E-state index in [1.807, 2.05) is 0 Å². The van der Waals surface area contributed by atoms with Crippen LogP contribution >= 0.6 is 15.9 Å². The molecule has 0 bridgehead atoms. The van der Waals surface area contributed by atoms with E-state index in [2.05, 4.69) is 29.1 Å². The molecule has 1 aromatic carbocycles. The van der Waals surface area contributed by atoms with E-state index in [1.165, 1.54) is 0 Å². The van der Waals surface area contributed by atoms with Crippen LogP contribution in [-0.2, 0) is 0 Å². The molecule has 0 radical (unpaired) electrons. The highest BCUT2D eigenvalue weighted by molar-refractivity contribution is 9.10. The molecule has 0 spiro atoms. The zero-order valence-corrected chi connectivity index (χ0v) is 11.1. The second-order valence-electron chi connectivity index (χ2n) is 3.52. The molecule has 3 nitrogen and oxygen atoms in total. The van der Waals surface area contributed by atoms with Crippen molar-refractivity contribution in [2.24, 2.45) is 0 Å². The second kappa shape index (κ2) is 6.25.